The van der Waals surface area contributed by atoms with E-state index in [2.05, 4.69) is 20.2 Å². The SMILES string of the molecule is CNS(=O)(=O)c1ccc(CNC(C)c2nncn2C)o1. The smallest absolute Gasteiger partial charge is 0.273 e. The molecule has 2 aromatic heterocycles. The molecule has 0 saturated heterocycles. The van der Waals surface area contributed by atoms with E-state index in [1.54, 1.807) is 12.4 Å². The Kier molecular flexibility index (Phi) is 4.21. The lowest BCUT2D eigenvalue weighted by atomic mass is 10.3. The minimum absolute atomic E-state index is 0.0306. The van der Waals surface area contributed by atoms with Crippen molar-refractivity contribution in [1.29, 1.82) is 0 Å². The molecule has 0 aliphatic heterocycles. The van der Waals surface area contributed by atoms with Gasteiger partial charge in [0.2, 0.25) is 5.09 Å². The van der Waals surface area contributed by atoms with Crippen molar-refractivity contribution >= 4 is 10.0 Å². The maximum Gasteiger partial charge on any atom is 0.273 e. The molecule has 0 bridgehead atoms. The summed E-state index contributed by atoms with van der Waals surface area (Å²) in [5, 5.41) is 10.9. The molecule has 2 aromatic rings. The highest BCUT2D eigenvalue weighted by Crippen LogP contribution is 2.15. The topological polar surface area (TPSA) is 102 Å². The fraction of sp³-hybridized carbons (Fsp3) is 0.455. The summed E-state index contributed by atoms with van der Waals surface area (Å²) in [5.41, 5.74) is 0. The Hall–Kier alpha value is -1.71. The van der Waals surface area contributed by atoms with Gasteiger partial charge in [0.1, 0.15) is 17.9 Å². The molecule has 9 heteroatoms. The highest BCUT2D eigenvalue weighted by Gasteiger charge is 2.17. The average Bonchev–Trinajstić information content (AvgIpc) is 3.05. The number of aryl methyl sites for hydroxylation is 1. The van der Waals surface area contributed by atoms with Gasteiger partial charge in [0, 0.05) is 7.05 Å². The molecule has 0 amide bonds. The maximum absolute atomic E-state index is 11.5. The first-order chi connectivity index (χ1) is 9.44. The normalized spacial score (nSPS) is 13.6. The summed E-state index contributed by atoms with van der Waals surface area (Å²) in [7, 11) is -0.338. The molecule has 2 heterocycles. The van der Waals surface area contributed by atoms with Gasteiger partial charge in [-0.25, -0.2) is 13.1 Å². The first-order valence-electron chi connectivity index (χ1n) is 6.03. The van der Waals surface area contributed by atoms with Crippen molar-refractivity contribution in [2.24, 2.45) is 7.05 Å². The second kappa shape index (κ2) is 5.73. The Balaban J connectivity index is 2.00. The Labute approximate surface area is 117 Å². The summed E-state index contributed by atoms with van der Waals surface area (Å²) < 4.78 is 32.4. The van der Waals surface area contributed by atoms with Crippen molar-refractivity contribution in [3.63, 3.8) is 0 Å². The van der Waals surface area contributed by atoms with Gasteiger partial charge in [0.15, 0.2) is 0 Å². The molecule has 0 aliphatic rings. The van der Waals surface area contributed by atoms with Crippen LogP contribution in [0.1, 0.15) is 24.6 Å². The minimum atomic E-state index is -3.54. The number of sulfonamides is 1. The Morgan fingerprint density at radius 2 is 2.20 bits per heavy atom. The van der Waals surface area contributed by atoms with Crippen LogP contribution in [-0.2, 0) is 23.6 Å². The molecule has 0 aromatic carbocycles. The first kappa shape index (κ1) is 14.7. The van der Waals surface area contributed by atoms with E-state index in [1.807, 2.05) is 18.5 Å². The highest BCUT2D eigenvalue weighted by molar-refractivity contribution is 7.89. The molecule has 8 nitrogen and oxygen atoms in total. The minimum Gasteiger partial charge on any atom is -0.447 e. The van der Waals surface area contributed by atoms with E-state index in [4.69, 9.17) is 4.42 Å². The number of aromatic nitrogens is 3. The zero-order valence-electron chi connectivity index (χ0n) is 11.5. The number of hydrogen-bond acceptors (Lipinski definition) is 6. The summed E-state index contributed by atoms with van der Waals surface area (Å²) in [6, 6.07) is 3.02. The number of rotatable bonds is 6. The van der Waals surface area contributed by atoms with Gasteiger partial charge in [-0.2, -0.15) is 0 Å². The summed E-state index contributed by atoms with van der Waals surface area (Å²) in [4.78, 5) is 0. The summed E-state index contributed by atoms with van der Waals surface area (Å²) >= 11 is 0. The van der Waals surface area contributed by atoms with E-state index in [0.717, 1.165) is 5.82 Å². The van der Waals surface area contributed by atoms with Crippen LogP contribution in [0.5, 0.6) is 0 Å². The molecule has 0 fully saturated rings. The van der Waals surface area contributed by atoms with E-state index in [1.165, 1.54) is 13.1 Å². The molecule has 0 aliphatic carbocycles. The summed E-state index contributed by atoms with van der Waals surface area (Å²) in [6.45, 7) is 2.34. The van der Waals surface area contributed by atoms with E-state index in [9.17, 15) is 8.42 Å². The lowest BCUT2D eigenvalue weighted by molar-refractivity contribution is 0.388. The summed E-state index contributed by atoms with van der Waals surface area (Å²) in [6.07, 6.45) is 1.62. The Morgan fingerprint density at radius 3 is 2.80 bits per heavy atom. The number of nitrogens with one attached hydrogen (secondary N) is 2. The molecular weight excluding hydrogens is 282 g/mol. The molecule has 0 spiro atoms. The van der Waals surface area contributed by atoms with Crippen LogP contribution in [0.25, 0.3) is 0 Å². The standard InChI is InChI=1S/C11H17N5O3S/c1-8(11-15-14-7-16(11)3)13-6-9-4-5-10(19-9)20(17,18)12-2/h4-5,7-8,12-13H,6H2,1-3H3. The lowest BCUT2D eigenvalue weighted by Crippen LogP contribution is -2.21. The van der Waals surface area contributed by atoms with Crippen molar-refractivity contribution in [2.45, 2.75) is 24.6 Å². The van der Waals surface area contributed by atoms with Crippen molar-refractivity contribution in [3.8, 4) is 0 Å². The van der Waals surface area contributed by atoms with Crippen molar-refractivity contribution in [2.75, 3.05) is 7.05 Å². The van der Waals surface area contributed by atoms with Crippen molar-refractivity contribution < 1.29 is 12.8 Å². The second-order valence-corrected chi connectivity index (χ2v) is 6.15. The number of furan rings is 1. The number of hydrogen-bond donors (Lipinski definition) is 2. The largest absolute Gasteiger partial charge is 0.447 e. The Morgan fingerprint density at radius 1 is 1.45 bits per heavy atom. The molecule has 2 N–H and O–H groups in total. The molecule has 110 valence electrons. The van der Waals surface area contributed by atoms with Crippen LogP contribution in [0, 0.1) is 0 Å². The second-order valence-electron chi connectivity index (χ2n) is 4.33. The third-order valence-corrected chi connectivity index (χ3v) is 4.17. The highest BCUT2D eigenvalue weighted by atomic mass is 32.2. The summed E-state index contributed by atoms with van der Waals surface area (Å²) in [5.74, 6) is 1.33. The van der Waals surface area contributed by atoms with E-state index in [0.29, 0.717) is 12.3 Å². The van der Waals surface area contributed by atoms with Gasteiger partial charge in [-0.1, -0.05) is 0 Å². The van der Waals surface area contributed by atoms with Crippen LogP contribution in [0.4, 0.5) is 0 Å². The van der Waals surface area contributed by atoms with Crippen LogP contribution in [-0.4, -0.2) is 30.2 Å². The molecule has 1 unspecified atom stereocenters. The fourth-order valence-electron chi connectivity index (χ4n) is 1.73. The fourth-order valence-corrected chi connectivity index (χ4v) is 2.39. The predicted molar refractivity (Wildman–Crippen MR) is 71.2 cm³/mol. The molecule has 0 radical (unpaired) electrons. The lowest BCUT2D eigenvalue weighted by Gasteiger charge is -2.11. The van der Waals surface area contributed by atoms with Gasteiger partial charge >= 0.3 is 0 Å². The zero-order chi connectivity index (χ0) is 14.8. The van der Waals surface area contributed by atoms with Crippen LogP contribution in [0.2, 0.25) is 0 Å². The molecule has 2 rings (SSSR count). The van der Waals surface area contributed by atoms with Crippen LogP contribution >= 0.6 is 0 Å². The maximum atomic E-state index is 11.5. The van der Waals surface area contributed by atoms with Crippen molar-refractivity contribution in [3.05, 3.63) is 30.0 Å². The average molecular weight is 299 g/mol. The molecule has 1 atom stereocenters. The van der Waals surface area contributed by atoms with Gasteiger partial charge in [-0.15, -0.1) is 10.2 Å². The van der Waals surface area contributed by atoms with Crippen LogP contribution in [0.15, 0.2) is 28.0 Å². The molecule has 20 heavy (non-hydrogen) atoms. The van der Waals surface area contributed by atoms with Crippen LogP contribution < -0.4 is 10.0 Å². The monoisotopic (exact) mass is 299 g/mol. The van der Waals surface area contributed by atoms with Crippen molar-refractivity contribution in [1.82, 2.24) is 24.8 Å². The Bertz CT molecular complexity index is 676. The molecule has 0 saturated carbocycles. The third kappa shape index (κ3) is 3.06. The van der Waals surface area contributed by atoms with E-state index < -0.39 is 10.0 Å². The van der Waals surface area contributed by atoms with E-state index in [-0.39, 0.29) is 11.1 Å². The van der Waals surface area contributed by atoms with Gasteiger partial charge in [0.25, 0.3) is 10.0 Å². The number of nitrogens with zero attached hydrogens (tertiary/aromatic N) is 3. The third-order valence-electron chi connectivity index (χ3n) is 2.89. The zero-order valence-corrected chi connectivity index (χ0v) is 12.3. The predicted octanol–water partition coefficient (Wildman–Crippen LogP) is 0.167. The quantitative estimate of drug-likeness (QED) is 0.788. The van der Waals surface area contributed by atoms with Crippen LogP contribution in [0.3, 0.4) is 0 Å². The first-order valence-corrected chi connectivity index (χ1v) is 7.52. The van der Waals surface area contributed by atoms with E-state index >= 15 is 0 Å². The molecular formula is C11H17N5O3S. The van der Waals surface area contributed by atoms with Gasteiger partial charge in [-0.05, 0) is 26.1 Å². The van der Waals surface area contributed by atoms with Gasteiger partial charge in [-0.3, -0.25) is 0 Å². The van der Waals surface area contributed by atoms with Gasteiger partial charge in [0.05, 0.1) is 12.6 Å². The van der Waals surface area contributed by atoms with Gasteiger partial charge < -0.3 is 14.3 Å².